The summed E-state index contributed by atoms with van der Waals surface area (Å²) < 4.78 is -0.267. The lowest BCUT2D eigenvalue weighted by Crippen LogP contribution is -2.77. The maximum absolute atomic E-state index is 13.2. The smallest absolute Gasteiger partial charge is 0.204 e. The third-order valence-electron chi connectivity index (χ3n) is 6.34. The van der Waals surface area contributed by atoms with E-state index in [1.165, 1.54) is 32.1 Å². The lowest BCUT2D eigenvalue weighted by Gasteiger charge is -2.61. The molecule has 1 saturated carbocycles. The fourth-order valence-corrected chi connectivity index (χ4v) is 4.04. The van der Waals surface area contributed by atoms with Crippen molar-refractivity contribution in [3.05, 3.63) is 5.21 Å². The highest BCUT2D eigenvalue weighted by atomic mass is 16.6. The van der Waals surface area contributed by atoms with E-state index in [9.17, 15) is 5.21 Å². The van der Waals surface area contributed by atoms with Crippen LogP contribution in [-0.4, -0.2) is 60.3 Å². The molecule has 5 unspecified atom stereocenters. The zero-order chi connectivity index (χ0) is 16.7. The summed E-state index contributed by atoms with van der Waals surface area (Å²) in [5.41, 5.74) is 0.450. The second-order valence-corrected chi connectivity index (χ2v) is 8.49. The Bertz CT molecular complexity index is 385. The Kier molecular flexibility index (Phi) is 5.25. The minimum Gasteiger partial charge on any atom is -0.630 e. The molecular formula is C17H36N4O. The SMILES string of the molecule is CC1N(C)C(C)[N+](C)([O-])C(NC2CCCC(C)(C)CC2)N1C. The molecule has 1 heterocycles. The molecule has 1 aliphatic carbocycles. The van der Waals surface area contributed by atoms with E-state index >= 15 is 0 Å². The summed E-state index contributed by atoms with van der Waals surface area (Å²) in [5, 5.41) is 16.9. The van der Waals surface area contributed by atoms with Gasteiger partial charge in [0.1, 0.15) is 6.17 Å². The highest BCUT2D eigenvalue weighted by molar-refractivity contribution is 4.83. The normalized spacial score (nSPS) is 44.7. The maximum Gasteiger partial charge on any atom is 0.204 e. The van der Waals surface area contributed by atoms with Crippen LogP contribution < -0.4 is 5.32 Å². The highest BCUT2D eigenvalue weighted by Gasteiger charge is 2.45. The highest BCUT2D eigenvalue weighted by Crippen LogP contribution is 2.35. The van der Waals surface area contributed by atoms with Crippen LogP contribution in [-0.2, 0) is 0 Å². The van der Waals surface area contributed by atoms with Gasteiger partial charge >= 0.3 is 0 Å². The Morgan fingerprint density at radius 1 is 1.09 bits per heavy atom. The van der Waals surface area contributed by atoms with Gasteiger partial charge in [-0.25, -0.2) is 9.80 Å². The third kappa shape index (κ3) is 3.49. The average molecular weight is 313 g/mol. The second kappa shape index (κ2) is 6.36. The Morgan fingerprint density at radius 2 is 1.73 bits per heavy atom. The first-order valence-corrected chi connectivity index (χ1v) is 8.83. The second-order valence-electron chi connectivity index (χ2n) is 8.49. The summed E-state index contributed by atoms with van der Waals surface area (Å²) in [6, 6.07) is 0.462. The van der Waals surface area contributed by atoms with Crippen LogP contribution in [0.15, 0.2) is 0 Å². The monoisotopic (exact) mass is 312 g/mol. The number of nitrogens with one attached hydrogen (secondary N) is 1. The molecule has 0 aromatic rings. The fraction of sp³-hybridized carbons (Fsp3) is 1.00. The molecule has 2 fully saturated rings. The van der Waals surface area contributed by atoms with Crippen molar-refractivity contribution in [2.24, 2.45) is 5.41 Å². The number of quaternary nitrogens is 1. The third-order valence-corrected chi connectivity index (χ3v) is 6.34. The summed E-state index contributed by atoms with van der Waals surface area (Å²) in [4.78, 5) is 4.37. The number of hydrogen-bond acceptors (Lipinski definition) is 4. The van der Waals surface area contributed by atoms with Crippen molar-refractivity contribution < 1.29 is 4.65 Å². The molecule has 5 nitrogen and oxygen atoms in total. The fourth-order valence-electron chi connectivity index (χ4n) is 4.04. The number of rotatable bonds is 2. The molecule has 0 aromatic carbocycles. The molecular weight excluding hydrogens is 276 g/mol. The minimum atomic E-state index is -0.267. The van der Waals surface area contributed by atoms with Gasteiger partial charge in [0, 0.05) is 13.0 Å². The van der Waals surface area contributed by atoms with Gasteiger partial charge in [-0.2, -0.15) is 0 Å². The predicted molar refractivity (Wildman–Crippen MR) is 91.6 cm³/mol. The van der Waals surface area contributed by atoms with Crippen LogP contribution >= 0.6 is 0 Å². The van der Waals surface area contributed by atoms with Crippen molar-refractivity contribution in [3.63, 3.8) is 0 Å². The van der Waals surface area contributed by atoms with Gasteiger partial charge in [-0.1, -0.05) is 20.3 Å². The summed E-state index contributed by atoms with van der Waals surface area (Å²) in [5.74, 6) is 0. The van der Waals surface area contributed by atoms with E-state index in [0.29, 0.717) is 11.5 Å². The van der Waals surface area contributed by atoms with Crippen LogP contribution in [0.25, 0.3) is 0 Å². The van der Waals surface area contributed by atoms with Crippen molar-refractivity contribution in [1.29, 1.82) is 0 Å². The minimum absolute atomic E-state index is 0.0362. The van der Waals surface area contributed by atoms with Crippen LogP contribution in [0, 0.1) is 10.6 Å². The van der Waals surface area contributed by atoms with Gasteiger partial charge in [0.15, 0.2) is 0 Å². The van der Waals surface area contributed by atoms with Crippen molar-refractivity contribution in [1.82, 2.24) is 15.1 Å². The zero-order valence-corrected chi connectivity index (χ0v) is 15.6. The molecule has 1 N–H and O–H groups in total. The van der Waals surface area contributed by atoms with Crippen molar-refractivity contribution in [3.8, 4) is 0 Å². The molecule has 2 rings (SSSR count). The summed E-state index contributed by atoms with van der Waals surface area (Å²) in [6.07, 6.45) is 6.24. The lowest BCUT2D eigenvalue weighted by atomic mass is 9.85. The molecule has 5 atom stereocenters. The van der Waals surface area contributed by atoms with Crippen LogP contribution in [0.4, 0.5) is 0 Å². The molecule has 1 aliphatic heterocycles. The van der Waals surface area contributed by atoms with Gasteiger partial charge in [0.25, 0.3) is 0 Å². The van der Waals surface area contributed by atoms with E-state index < -0.39 is 0 Å². The van der Waals surface area contributed by atoms with E-state index in [-0.39, 0.29) is 23.3 Å². The van der Waals surface area contributed by atoms with Crippen LogP contribution in [0.2, 0.25) is 0 Å². The van der Waals surface area contributed by atoms with Gasteiger partial charge in [-0.3, -0.25) is 5.32 Å². The van der Waals surface area contributed by atoms with Crippen LogP contribution in [0.1, 0.15) is 59.8 Å². The first-order chi connectivity index (χ1) is 10.1. The number of hydroxylamine groups is 3. The molecule has 5 heteroatoms. The molecule has 0 radical (unpaired) electrons. The molecule has 0 bridgehead atoms. The quantitative estimate of drug-likeness (QED) is 0.484. The first kappa shape index (κ1) is 18.1. The summed E-state index contributed by atoms with van der Waals surface area (Å²) in [6.45, 7) is 8.96. The topological polar surface area (TPSA) is 41.6 Å². The standard InChI is InChI=1S/C17H36N4O/c1-13-19(5)14(2)21(7,22)16(20(13)6)18-15-9-8-11-17(3,4)12-10-15/h13-16,18H,8-12H2,1-7H3. The molecule has 22 heavy (non-hydrogen) atoms. The maximum atomic E-state index is 13.2. The van der Waals surface area contributed by atoms with Gasteiger partial charge in [-0.15, -0.1) is 0 Å². The molecule has 0 amide bonds. The number of nitrogens with zero attached hydrogens (tertiary/aromatic N) is 3. The Labute approximate surface area is 136 Å². The lowest BCUT2D eigenvalue weighted by molar-refractivity contribution is -0.946. The van der Waals surface area contributed by atoms with Crippen molar-refractivity contribution in [2.75, 3.05) is 21.1 Å². The van der Waals surface area contributed by atoms with Gasteiger partial charge in [0.05, 0.1) is 13.2 Å². The molecule has 0 spiro atoms. The summed E-state index contributed by atoms with van der Waals surface area (Å²) >= 11 is 0. The van der Waals surface area contributed by atoms with Gasteiger partial charge in [-0.05, 0) is 52.1 Å². The summed E-state index contributed by atoms with van der Waals surface area (Å²) in [7, 11) is 5.92. The van der Waals surface area contributed by atoms with E-state index in [1.54, 1.807) is 0 Å². The van der Waals surface area contributed by atoms with Crippen LogP contribution in [0.5, 0.6) is 0 Å². The van der Waals surface area contributed by atoms with Crippen molar-refractivity contribution >= 4 is 0 Å². The van der Waals surface area contributed by atoms with E-state index in [0.717, 1.165) is 0 Å². The molecule has 0 aromatic heterocycles. The Balaban J connectivity index is 2.09. The zero-order valence-electron chi connectivity index (χ0n) is 15.6. The predicted octanol–water partition coefficient (Wildman–Crippen LogP) is 2.73. The largest absolute Gasteiger partial charge is 0.630 e. The van der Waals surface area contributed by atoms with Gasteiger partial charge in [0.2, 0.25) is 6.29 Å². The Hall–Kier alpha value is -0.200. The molecule has 2 aliphatic rings. The van der Waals surface area contributed by atoms with E-state index in [4.69, 9.17) is 0 Å². The molecule has 130 valence electrons. The average Bonchev–Trinajstić information content (AvgIpc) is 2.61. The molecule has 1 saturated heterocycles. The Morgan fingerprint density at radius 3 is 2.36 bits per heavy atom. The first-order valence-electron chi connectivity index (χ1n) is 8.83. The van der Waals surface area contributed by atoms with Crippen molar-refractivity contribution in [2.45, 2.75) is 84.5 Å². The van der Waals surface area contributed by atoms with E-state index in [1.807, 2.05) is 21.0 Å². The van der Waals surface area contributed by atoms with Gasteiger partial charge < -0.3 is 9.85 Å². The van der Waals surface area contributed by atoms with Crippen LogP contribution in [0.3, 0.4) is 0 Å². The number of hydrogen-bond donors (Lipinski definition) is 1. The van der Waals surface area contributed by atoms with E-state index in [2.05, 4.69) is 42.9 Å².